The summed E-state index contributed by atoms with van der Waals surface area (Å²) in [6.07, 6.45) is 3.72. The van der Waals surface area contributed by atoms with Crippen LogP contribution in [0.4, 0.5) is 0 Å². The molecule has 0 atom stereocenters. The van der Waals surface area contributed by atoms with Gasteiger partial charge in [0.25, 0.3) is 0 Å². The van der Waals surface area contributed by atoms with Crippen LogP contribution in [0.5, 0.6) is 0 Å². The van der Waals surface area contributed by atoms with Crippen molar-refractivity contribution in [1.29, 1.82) is 5.26 Å². The zero-order chi connectivity index (χ0) is 16.9. The Bertz CT molecular complexity index is 554. The number of nitriles is 1. The van der Waals surface area contributed by atoms with Crippen LogP contribution in [0.25, 0.3) is 0 Å². The Morgan fingerprint density at radius 1 is 1.61 bits per heavy atom. The number of aliphatic hydroxyl groups is 1. The molecule has 0 bridgehead atoms. The molecule has 0 radical (unpaired) electrons. The van der Waals surface area contributed by atoms with Crippen molar-refractivity contribution < 1.29 is 9.90 Å². The molecule has 0 aliphatic rings. The molecule has 124 valence electrons. The molecule has 0 spiro atoms. The third-order valence-corrected chi connectivity index (χ3v) is 3.12. The lowest BCUT2D eigenvalue weighted by atomic mass is 10.2. The van der Waals surface area contributed by atoms with E-state index in [9.17, 15) is 4.79 Å². The largest absolute Gasteiger partial charge is 0.394 e. The van der Waals surface area contributed by atoms with Crippen LogP contribution in [0.3, 0.4) is 0 Å². The first-order valence-corrected chi connectivity index (χ1v) is 7.62. The van der Waals surface area contributed by atoms with Gasteiger partial charge in [-0.1, -0.05) is 0 Å². The Hall–Kier alpha value is -2.30. The summed E-state index contributed by atoms with van der Waals surface area (Å²) in [6.45, 7) is 4.04. The number of nitrogens with one attached hydrogen (secondary N) is 1. The molecule has 1 aromatic rings. The van der Waals surface area contributed by atoms with Crippen molar-refractivity contribution in [3.8, 4) is 6.07 Å². The first kappa shape index (κ1) is 18.7. The van der Waals surface area contributed by atoms with Gasteiger partial charge in [0.2, 0.25) is 5.91 Å². The first-order valence-electron chi connectivity index (χ1n) is 7.62. The Balaban J connectivity index is 2.44. The van der Waals surface area contributed by atoms with Crippen LogP contribution in [0, 0.1) is 11.3 Å². The highest BCUT2D eigenvalue weighted by Crippen LogP contribution is 1.99. The molecule has 7 nitrogen and oxygen atoms in total. The Morgan fingerprint density at radius 3 is 3.13 bits per heavy atom. The van der Waals surface area contributed by atoms with Crippen molar-refractivity contribution in [2.24, 2.45) is 4.99 Å². The van der Waals surface area contributed by atoms with Crippen LogP contribution in [0.2, 0.25) is 0 Å². The van der Waals surface area contributed by atoms with Crippen molar-refractivity contribution in [3.63, 3.8) is 0 Å². The standard InChI is InChI=1S/C16H23N5O2/c1-2-21(8-3-5-17)16(23)13-19-12-15-10-14(4-6-20-15)11-18-7-9-22/h4,6,10-11,19,22H,2-3,7-9,12-13H2,1H3/b18-11+. The molecule has 0 saturated carbocycles. The van der Waals surface area contributed by atoms with Crippen LogP contribution >= 0.6 is 0 Å². The van der Waals surface area contributed by atoms with Crippen molar-refractivity contribution in [2.75, 3.05) is 32.8 Å². The van der Waals surface area contributed by atoms with Gasteiger partial charge >= 0.3 is 0 Å². The second-order valence-electron chi connectivity index (χ2n) is 4.82. The molecule has 0 aliphatic carbocycles. The van der Waals surface area contributed by atoms with Gasteiger partial charge in [-0.3, -0.25) is 14.8 Å². The summed E-state index contributed by atoms with van der Waals surface area (Å²) in [5, 5.41) is 20.3. The summed E-state index contributed by atoms with van der Waals surface area (Å²) >= 11 is 0. The molecule has 0 aliphatic heterocycles. The predicted octanol–water partition coefficient (Wildman–Crippen LogP) is 0.345. The van der Waals surface area contributed by atoms with Crippen molar-refractivity contribution in [1.82, 2.24) is 15.2 Å². The minimum Gasteiger partial charge on any atom is -0.394 e. The monoisotopic (exact) mass is 317 g/mol. The summed E-state index contributed by atoms with van der Waals surface area (Å²) in [5.41, 5.74) is 1.71. The Morgan fingerprint density at radius 2 is 2.43 bits per heavy atom. The van der Waals surface area contributed by atoms with Gasteiger partial charge in [-0.25, -0.2) is 0 Å². The minimum absolute atomic E-state index is 0.0246. The molecule has 0 saturated heterocycles. The molecule has 0 unspecified atom stereocenters. The zero-order valence-electron chi connectivity index (χ0n) is 13.4. The van der Waals surface area contributed by atoms with Crippen LogP contribution in [0.15, 0.2) is 23.3 Å². The van der Waals surface area contributed by atoms with E-state index in [4.69, 9.17) is 10.4 Å². The maximum atomic E-state index is 12.0. The normalized spacial score (nSPS) is 10.7. The second kappa shape index (κ2) is 11.3. The molecular formula is C16H23N5O2. The maximum Gasteiger partial charge on any atom is 0.236 e. The van der Waals surface area contributed by atoms with E-state index in [2.05, 4.69) is 15.3 Å². The number of hydrogen-bond acceptors (Lipinski definition) is 6. The van der Waals surface area contributed by atoms with E-state index in [1.807, 2.05) is 25.1 Å². The highest BCUT2D eigenvalue weighted by atomic mass is 16.3. The molecule has 2 N–H and O–H groups in total. The second-order valence-corrected chi connectivity index (χ2v) is 4.82. The lowest BCUT2D eigenvalue weighted by Crippen LogP contribution is -2.38. The summed E-state index contributed by atoms with van der Waals surface area (Å²) < 4.78 is 0. The number of rotatable bonds is 10. The van der Waals surface area contributed by atoms with Crippen molar-refractivity contribution >= 4 is 12.1 Å². The number of aliphatic hydroxyl groups excluding tert-OH is 1. The summed E-state index contributed by atoms with van der Waals surface area (Å²) in [6, 6.07) is 5.75. The fourth-order valence-electron chi connectivity index (χ4n) is 1.95. The van der Waals surface area contributed by atoms with E-state index in [1.54, 1.807) is 17.3 Å². The number of carbonyl (C=O) groups excluding carboxylic acids is 1. The van der Waals surface area contributed by atoms with Gasteiger partial charge < -0.3 is 15.3 Å². The zero-order valence-corrected chi connectivity index (χ0v) is 13.4. The molecule has 1 heterocycles. The number of nitrogens with zero attached hydrogens (tertiary/aromatic N) is 4. The van der Waals surface area contributed by atoms with E-state index < -0.39 is 0 Å². The fourth-order valence-corrected chi connectivity index (χ4v) is 1.95. The summed E-state index contributed by atoms with van der Waals surface area (Å²) in [5.74, 6) is -0.0246. The quantitative estimate of drug-likeness (QED) is 0.606. The van der Waals surface area contributed by atoms with Crippen LogP contribution in [-0.4, -0.2) is 59.9 Å². The maximum absolute atomic E-state index is 12.0. The van der Waals surface area contributed by atoms with Crippen molar-refractivity contribution in [2.45, 2.75) is 19.9 Å². The van der Waals surface area contributed by atoms with Gasteiger partial charge in [0.15, 0.2) is 0 Å². The predicted molar refractivity (Wildman–Crippen MR) is 88.0 cm³/mol. The topological polar surface area (TPSA) is 102 Å². The lowest BCUT2D eigenvalue weighted by molar-refractivity contribution is -0.130. The number of likely N-dealkylation sites (N-methyl/N-ethyl adjacent to an activating group) is 1. The average Bonchev–Trinajstić information content (AvgIpc) is 2.56. The number of pyridine rings is 1. The van der Waals surface area contributed by atoms with Crippen LogP contribution < -0.4 is 5.32 Å². The van der Waals surface area contributed by atoms with Crippen LogP contribution in [0.1, 0.15) is 24.6 Å². The number of aromatic nitrogens is 1. The van der Waals surface area contributed by atoms with Gasteiger partial charge in [-0.05, 0) is 24.6 Å². The molecule has 0 aromatic carbocycles. The first-order chi connectivity index (χ1) is 11.2. The number of amides is 1. The summed E-state index contributed by atoms with van der Waals surface area (Å²) in [4.78, 5) is 22.0. The van der Waals surface area contributed by atoms with Crippen LogP contribution in [-0.2, 0) is 11.3 Å². The molecule has 1 aromatic heterocycles. The summed E-state index contributed by atoms with van der Waals surface area (Å²) in [7, 11) is 0. The molecule has 23 heavy (non-hydrogen) atoms. The third kappa shape index (κ3) is 7.49. The van der Waals surface area contributed by atoms with Gasteiger partial charge in [-0.2, -0.15) is 5.26 Å². The molecule has 0 fully saturated rings. The lowest BCUT2D eigenvalue weighted by Gasteiger charge is -2.19. The van der Waals surface area contributed by atoms with Gasteiger partial charge in [0.05, 0.1) is 37.9 Å². The number of hydrogen-bond donors (Lipinski definition) is 2. The molecular weight excluding hydrogens is 294 g/mol. The average molecular weight is 317 g/mol. The smallest absolute Gasteiger partial charge is 0.236 e. The van der Waals surface area contributed by atoms with Gasteiger partial charge in [-0.15, -0.1) is 0 Å². The molecule has 7 heteroatoms. The Kier molecular flexibility index (Phi) is 9.20. The van der Waals surface area contributed by atoms with Gasteiger partial charge in [0.1, 0.15) is 0 Å². The number of carbonyl (C=O) groups is 1. The van der Waals surface area contributed by atoms with Gasteiger partial charge in [0, 0.05) is 32.0 Å². The van der Waals surface area contributed by atoms with E-state index in [0.29, 0.717) is 32.6 Å². The highest BCUT2D eigenvalue weighted by molar-refractivity contribution is 5.79. The Labute approximate surface area is 136 Å². The molecule has 1 rings (SSSR count). The van der Waals surface area contributed by atoms with Crippen molar-refractivity contribution in [3.05, 3.63) is 29.6 Å². The van der Waals surface area contributed by atoms with E-state index in [0.717, 1.165) is 11.3 Å². The van der Waals surface area contributed by atoms with E-state index in [-0.39, 0.29) is 19.1 Å². The third-order valence-electron chi connectivity index (χ3n) is 3.12. The van der Waals surface area contributed by atoms with E-state index in [1.165, 1.54) is 0 Å². The SMILES string of the molecule is CCN(CCC#N)C(=O)CNCc1cc(/C=N/CCO)ccn1. The fraction of sp³-hybridized carbons (Fsp3) is 0.500. The molecule has 1 amide bonds. The highest BCUT2D eigenvalue weighted by Gasteiger charge is 2.10. The minimum atomic E-state index is -0.0246. The number of aliphatic imine (C=N–C) groups is 1. The van der Waals surface area contributed by atoms with E-state index >= 15 is 0 Å².